The summed E-state index contributed by atoms with van der Waals surface area (Å²) < 4.78 is 23.9. The molecule has 0 heterocycles. The Morgan fingerprint density at radius 3 is 2.19 bits per heavy atom. The van der Waals surface area contributed by atoms with Gasteiger partial charge in [0.25, 0.3) is 0 Å². The molecule has 0 saturated carbocycles. The highest BCUT2D eigenvalue weighted by Crippen LogP contribution is 2.28. The number of carbonyl (C=O) groups excluding carboxylic acids is 2. The third kappa shape index (κ3) is 7.25. The van der Waals surface area contributed by atoms with Crippen molar-refractivity contribution in [2.75, 3.05) is 20.8 Å². The molecular weight excluding hydrogens is 411 g/mol. The van der Waals surface area contributed by atoms with Gasteiger partial charge in [0.1, 0.15) is 11.9 Å². The van der Waals surface area contributed by atoms with E-state index in [1.807, 2.05) is 26.0 Å². The lowest BCUT2D eigenvalue weighted by Gasteiger charge is -2.29. The van der Waals surface area contributed by atoms with Gasteiger partial charge in [-0.2, -0.15) is 0 Å². The molecule has 2 amide bonds. The van der Waals surface area contributed by atoms with Crippen molar-refractivity contribution in [1.82, 2.24) is 10.2 Å². The average molecular weight is 445 g/mol. The number of aryl methyl sites for hydroxylation is 1. The van der Waals surface area contributed by atoms with Crippen molar-refractivity contribution < 1.29 is 23.5 Å². The Morgan fingerprint density at radius 2 is 1.59 bits per heavy atom. The van der Waals surface area contributed by atoms with Crippen molar-refractivity contribution in [2.24, 2.45) is 5.92 Å². The Labute approximate surface area is 189 Å². The number of nitrogens with zero attached hydrogens (tertiary/aromatic N) is 1. The van der Waals surface area contributed by atoms with Crippen LogP contribution in [0, 0.1) is 11.7 Å². The highest BCUT2D eigenvalue weighted by Gasteiger charge is 2.26. The smallest absolute Gasteiger partial charge is 0.242 e. The van der Waals surface area contributed by atoms with Gasteiger partial charge >= 0.3 is 0 Å². The first-order valence-electron chi connectivity index (χ1n) is 10.8. The Balaban J connectivity index is 2.15. The number of carbonyl (C=O) groups is 2. The number of nitrogens with one attached hydrogen (secondary N) is 1. The monoisotopic (exact) mass is 444 g/mol. The van der Waals surface area contributed by atoms with Crippen LogP contribution in [0.3, 0.4) is 0 Å². The van der Waals surface area contributed by atoms with Crippen molar-refractivity contribution in [3.05, 3.63) is 59.4 Å². The molecule has 0 spiro atoms. The summed E-state index contributed by atoms with van der Waals surface area (Å²) in [6.45, 7) is 6.49. The van der Waals surface area contributed by atoms with Gasteiger partial charge in [0.2, 0.25) is 11.8 Å². The molecular formula is C25H33FN2O4. The molecule has 32 heavy (non-hydrogen) atoms. The molecule has 0 bridgehead atoms. The molecule has 0 unspecified atom stereocenters. The Hall–Kier alpha value is -3.09. The molecule has 2 aromatic rings. The van der Waals surface area contributed by atoms with Crippen LogP contribution >= 0.6 is 0 Å². The minimum absolute atomic E-state index is 0.156. The number of hydrogen-bond donors (Lipinski definition) is 1. The van der Waals surface area contributed by atoms with Crippen LogP contribution < -0.4 is 14.8 Å². The minimum atomic E-state index is -0.656. The second-order valence-electron chi connectivity index (χ2n) is 8.15. The second kappa shape index (κ2) is 12.1. The van der Waals surface area contributed by atoms with E-state index in [2.05, 4.69) is 5.32 Å². The molecule has 6 nitrogen and oxygen atoms in total. The third-order valence-electron chi connectivity index (χ3n) is 5.19. The van der Waals surface area contributed by atoms with Crippen LogP contribution in [0.25, 0.3) is 0 Å². The van der Waals surface area contributed by atoms with E-state index in [0.29, 0.717) is 30.4 Å². The number of ether oxygens (including phenoxy) is 2. The van der Waals surface area contributed by atoms with E-state index < -0.39 is 6.04 Å². The maximum atomic E-state index is 13.3. The number of halogens is 1. The summed E-state index contributed by atoms with van der Waals surface area (Å²) in [6, 6.07) is 10.8. The van der Waals surface area contributed by atoms with Crippen LogP contribution in [0.5, 0.6) is 11.5 Å². The molecule has 2 aromatic carbocycles. The van der Waals surface area contributed by atoms with E-state index in [9.17, 15) is 14.0 Å². The van der Waals surface area contributed by atoms with Gasteiger partial charge in [-0.3, -0.25) is 9.59 Å². The molecule has 0 aliphatic rings. The molecule has 2 rings (SSSR count). The normalized spacial score (nSPS) is 11.7. The SMILES string of the molecule is COc1ccc(CCC(=O)N(Cc2ccc(F)cc2)[C@@H](C)C(=O)NCC(C)C)cc1OC. The Morgan fingerprint density at radius 1 is 0.969 bits per heavy atom. The van der Waals surface area contributed by atoms with Gasteiger partial charge in [0.15, 0.2) is 11.5 Å². The number of benzene rings is 2. The predicted molar refractivity (Wildman–Crippen MR) is 122 cm³/mol. The Bertz CT molecular complexity index is 899. The van der Waals surface area contributed by atoms with E-state index >= 15 is 0 Å². The fourth-order valence-electron chi connectivity index (χ4n) is 3.25. The van der Waals surface area contributed by atoms with Crippen LogP contribution in [0.15, 0.2) is 42.5 Å². The van der Waals surface area contributed by atoms with Gasteiger partial charge in [-0.1, -0.05) is 32.0 Å². The van der Waals surface area contributed by atoms with Gasteiger partial charge < -0.3 is 19.7 Å². The van der Waals surface area contributed by atoms with Crippen molar-refractivity contribution in [1.29, 1.82) is 0 Å². The van der Waals surface area contributed by atoms with E-state index in [1.165, 1.54) is 12.1 Å². The van der Waals surface area contributed by atoms with E-state index in [-0.39, 0.29) is 30.6 Å². The fourth-order valence-corrected chi connectivity index (χ4v) is 3.25. The first kappa shape index (κ1) is 25.2. The summed E-state index contributed by atoms with van der Waals surface area (Å²) in [7, 11) is 3.13. The molecule has 0 aromatic heterocycles. The topological polar surface area (TPSA) is 67.9 Å². The zero-order valence-corrected chi connectivity index (χ0v) is 19.5. The molecule has 0 aliphatic heterocycles. The highest BCUT2D eigenvalue weighted by atomic mass is 19.1. The van der Waals surface area contributed by atoms with Crippen LogP contribution in [-0.2, 0) is 22.6 Å². The molecule has 1 N–H and O–H groups in total. The minimum Gasteiger partial charge on any atom is -0.493 e. The summed E-state index contributed by atoms with van der Waals surface area (Å²) in [4.78, 5) is 27.4. The van der Waals surface area contributed by atoms with Gasteiger partial charge in [0.05, 0.1) is 14.2 Å². The zero-order valence-electron chi connectivity index (χ0n) is 19.5. The van der Waals surface area contributed by atoms with Crippen LogP contribution in [0.2, 0.25) is 0 Å². The molecule has 0 saturated heterocycles. The number of amides is 2. The summed E-state index contributed by atoms with van der Waals surface area (Å²) in [5, 5.41) is 2.89. The van der Waals surface area contributed by atoms with E-state index in [4.69, 9.17) is 9.47 Å². The van der Waals surface area contributed by atoms with Crippen LogP contribution in [-0.4, -0.2) is 43.5 Å². The maximum Gasteiger partial charge on any atom is 0.242 e. The molecule has 0 aliphatic carbocycles. The number of hydrogen-bond acceptors (Lipinski definition) is 4. The molecule has 1 atom stereocenters. The average Bonchev–Trinajstić information content (AvgIpc) is 2.79. The quantitative estimate of drug-likeness (QED) is 0.570. The third-order valence-corrected chi connectivity index (χ3v) is 5.19. The lowest BCUT2D eigenvalue weighted by molar-refractivity contribution is -0.140. The van der Waals surface area contributed by atoms with Crippen LogP contribution in [0.4, 0.5) is 4.39 Å². The van der Waals surface area contributed by atoms with Gasteiger partial charge in [-0.15, -0.1) is 0 Å². The van der Waals surface area contributed by atoms with E-state index in [1.54, 1.807) is 44.2 Å². The van der Waals surface area contributed by atoms with Gasteiger partial charge in [-0.25, -0.2) is 4.39 Å². The standard InChI is InChI=1S/C25H33FN2O4/c1-17(2)15-27-25(30)18(3)28(16-20-6-10-21(26)11-7-20)24(29)13-9-19-8-12-22(31-4)23(14-19)32-5/h6-8,10-12,14,17-18H,9,13,15-16H2,1-5H3,(H,27,30)/t18-/m0/s1. The largest absolute Gasteiger partial charge is 0.493 e. The first-order chi connectivity index (χ1) is 15.2. The lowest BCUT2D eigenvalue weighted by Crippen LogP contribution is -2.48. The molecule has 7 heteroatoms. The van der Waals surface area contributed by atoms with Gasteiger partial charge in [0, 0.05) is 19.5 Å². The molecule has 174 valence electrons. The molecule has 0 fully saturated rings. The van der Waals surface area contributed by atoms with Crippen molar-refractivity contribution in [2.45, 2.75) is 46.2 Å². The van der Waals surface area contributed by atoms with Gasteiger partial charge in [-0.05, 0) is 54.7 Å². The molecule has 0 radical (unpaired) electrons. The Kier molecular flexibility index (Phi) is 9.50. The number of methoxy groups -OCH3 is 2. The van der Waals surface area contributed by atoms with E-state index in [0.717, 1.165) is 11.1 Å². The second-order valence-corrected chi connectivity index (χ2v) is 8.15. The van der Waals surface area contributed by atoms with Crippen molar-refractivity contribution in [3.8, 4) is 11.5 Å². The van der Waals surface area contributed by atoms with Crippen LogP contribution in [0.1, 0.15) is 38.3 Å². The van der Waals surface area contributed by atoms with Crippen molar-refractivity contribution in [3.63, 3.8) is 0 Å². The maximum absolute atomic E-state index is 13.3. The zero-order chi connectivity index (χ0) is 23.7. The first-order valence-corrected chi connectivity index (χ1v) is 10.8. The summed E-state index contributed by atoms with van der Waals surface area (Å²) >= 11 is 0. The predicted octanol–water partition coefficient (Wildman–Crippen LogP) is 3.97. The lowest BCUT2D eigenvalue weighted by atomic mass is 10.1. The fraction of sp³-hybridized carbons (Fsp3) is 0.440. The highest BCUT2D eigenvalue weighted by molar-refractivity contribution is 5.87. The summed E-state index contributed by atoms with van der Waals surface area (Å²) in [5.74, 6) is 0.815. The summed E-state index contributed by atoms with van der Waals surface area (Å²) in [5.41, 5.74) is 1.68. The van der Waals surface area contributed by atoms with Crippen molar-refractivity contribution >= 4 is 11.8 Å². The number of rotatable bonds is 11. The summed E-state index contributed by atoms with van der Waals surface area (Å²) in [6.07, 6.45) is 0.706.